The number of para-hydroxylation sites is 1. The Morgan fingerprint density at radius 2 is 1.61 bits per heavy atom. The maximum absolute atomic E-state index is 14.2. The highest BCUT2D eigenvalue weighted by Crippen LogP contribution is 2.37. The molecule has 4 aromatic rings. The van der Waals surface area contributed by atoms with Crippen LogP contribution in [0.1, 0.15) is 22.9 Å². The zero-order chi connectivity index (χ0) is 23.1. The first-order valence-corrected chi connectivity index (χ1v) is 10.1. The molecule has 0 radical (unpaired) electrons. The topological polar surface area (TPSA) is 37.3 Å². The van der Waals surface area contributed by atoms with Gasteiger partial charge in [-0.05, 0) is 53.6 Å². The molecular formula is C25H17F4N3O. The summed E-state index contributed by atoms with van der Waals surface area (Å²) in [6.45, 7) is 0.0787. The highest BCUT2D eigenvalue weighted by Gasteiger charge is 2.33. The average molecular weight is 451 g/mol. The van der Waals surface area contributed by atoms with E-state index in [1.807, 2.05) is 28.8 Å². The van der Waals surface area contributed by atoms with Gasteiger partial charge in [-0.25, -0.2) is 22.4 Å². The van der Waals surface area contributed by atoms with E-state index in [4.69, 9.17) is 0 Å². The fourth-order valence-electron chi connectivity index (χ4n) is 4.20. The van der Waals surface area contributed by atoms with Crippen molar-refractivity contribution in [2.75, 3.05) is 5.32 Å². The Morgan fingerprint density at radius 3 is 2.36 bits per heavy atom. The van der Waals surface area contributed by atoms with Crippen LogP contribution in [0.2, 0.25) is 0 Å². The van der Waals surface area contributed by atoms with Gasteiger partial charge in [0.05, 0.1) is 24.0 Å². The van der Waals surface area contributed by atoms with E-state index in [2.05, 4.69) is 5.32 Å². The van der Waals surface area contributed by atoms with E-state index in [1.54, 1.807) is 18.3 Å². The predicted octanol–water partition coefficient (Wildman–Crippen LogP) is 6.17. The smallest absolute Gasteiger partial charge is 0.318 e. The minimum atomic E-state index is -0.935. The number of nitrogens with one attached hydrogen (secondary N) is 1. The van der Waals surface area contributed by atoms with Crippen molar-refractivity contribution in [3.05, 3.63) is 119 Å². The van der Waals surface area contributed by atoms with Gasteiger partial charge in [-0.3, -0.25) is 0 Å². The number of anilines is 1. The second-order valence-corrected chi connectivity index (χ2v) is 7.72. The molecule has 0 fully saturated rings. The molecule has 33 heavy (non-hydrogen) atoms. The summed E-state index contributed by atoms with van der Waals surface area (Å²) in [7, 11) is 0. The van der Waals surface area contributed by atoms with Gasteiger partial charge in [0, 0.05) is 24.0 Å². The Bertz CT molecular complexity index is 1350. The van der Waals surface area contributed by atoms with E-state index < -0.39 is 35.3 Å². The van der Waals surface area contributed by atoms with Gasteiger partial charge in [0.2, 0.25) is 0 Å². The van der Waals surface area contributed by atoms with Gasteiger partial charge in [-0.1, -0.05) is 18.2 Å². The summed E-state index contributed by atoms with van der Waals surface area (Å²) < 4.78 is 57.7. The Hall–Kier alpha value is -4.07. The number of halogens is 4. The lowest BCUT2D eigenvalue weighted by molar-refractivity contribution is 0.194. The lowest BCUT2D eigenvalue weighted by atomic mass is 10.0. The van der Waals surface area contributed by atoms with Gasteiger partial charge < -0.3 is 14.8 Å². The molecule has 0 bridgehead atoms. The zero-order valence-electron chi connectivity index (χ0n) is 17.1. The molecule has 4 nitrogen and oxygen atoms in total. The molecular weight excluding hydrogens is 434 g/mol. The summed E-state index contributed by atoms with van der Waals surface area (Å²) in [6, 6.07) is 15.2. The summed E-state index contributed by atoms with van der Waals surface area (Å²) in [5.41, 5.74) is 2.19. The third kappa shape index (κ3) is 3.84. The van der Waals surface area contributed by atoms with Crippen LogP contribution >= 0.6 is 0 Å². The van der Waals surface area contributed by atoms with Crippen molar-refractivity contribution >= 4 is 11.7 Å². The minimum Gasteiger partial charge on any atom is -0.318 e. The third-order valence-corrected chi connectivity index (χ3v) is 5.60. The molecule has 1 aliphatic heterocycles. The van der Waals surface area contributed by atoms with Crippen LogP contribution in [0.4, 0.5) is 28.0 Å². The highest BCUT2D eigenvalue weighted by molar-refractivity contribution is 5.90. The van der Waals surface area contributed by atoms with Crippen LogP contribution in [0, 0.1) is 23.3 Å². The second kappa shape index (κ2) is 8.12. The summed E-state index contributed by atoms with van der Waals surface area (Å²) >= 11 is 0. The van der Waals surface area contributed by atoms with E-state index in [9.17, 15) is 22.4 Å². The molecule has 0 spiro atoms. The van der Waals surface area contributed by atoms with E-state index in [-0.39, 0.29) is 17.8 Å². The lowest BCUT2D eigenvalue weighted by Gasteiger charge is -2.31. The quantitative estimate of drug-likeness (QED) is 0.364. The van der Waals surface area contributed by atoms with Crippen LogP contribution < -0.4 is 5.32 Å². The number of carbonyl (C=O) groups is 1. The molecule has 8 heteroatoms. The highest BCUT2D eigenvalue weighted by atomic mass is 19.1. The molecule has 0 saturated heterocycles. The first-order chi connectivity index (χ1) is 15.9. The molecule has 0 saturated carbocycles. The number of benzene rings is 3. The summed E-state index contributed by atoms with van der Waals surface area (Å²) in [5, 5.41) is 2.47. The van der Waals surface area contributed by atoms with Crippen LogP contribution in [0.3, 0.4) is 0 Å². The lowest BCUT2D eigenvalue weighted by Crippen LogP contribution is -2.38. The van der Waals surface area contributed by atoms with E-state index >= 15 is 0 Å². The van der Waals surface area contributed by atoms with E-state index in [0.717, 1.165) is 29.4 Å². The van der Waals surface area contributed by atoms with Crippen LogP contribution in [-0.2, 0) is 6.54 Å². The fraction of sp³-hybridized carbons (Fsp3) is 0.0800. The Balaban J connectivity index is 1.65. The van der Waals surface area contributed by atoms with Gasteiger partial charge in [0.25, 0.3) is 0 Å². The number of carbonyl (C=O) groups excluding carboxylic acids is 1. The number of fused-ring (bicyclic) bond motifs is 3. The number of nitrogens with zero attached hydrogens (tertiary/aromatic N) is 2. The van der Waals surface area contributed by atoms with Gasteiger partial charge in [-0.15, -0.1) is 0 Å². The summed E-state index contributed by atoms with van der Waals surface area (Å²) in [5.74, 6) is -3.28. The van der Waals surface area contributed by atoms with Crippen molar-refractivity contribution in [1.29, 1.82) is 0 Å². The first kappa shape index (κ1) is 20.8. The normalized spacial score (nSPS) is 14.9. The van der Waals surface area contributed by atoms with Gasteiger partial charge >= 0.3 is 6.03 Å². The molecule has 3 aromatic carbocycles. The Kier molecular flexibility index (Phi) is 5.12. The number of amides is 2. The number of urea groups is 1. The largest absolute Gasteiger partial charge is 0.323 e. The molecule has 5 rings (SSSR count). The Morgan fingerprint density at radius 1 is 0.848 bits per heavy atom. The molecule has 166 valence electrons. The molecule has 2 heterocycles. The number of hydrogen-bond donors (Lipinski definition) is 1. The van der Waals surface area contributed by atoms with Crippen molar-refractivity contribution < 1.29 is 22.4 Å². The SMILES string of the molecule is O=C(Nc1ccc(F)cc1F)N1Cc2ccccc2-n2cccc2[C@H]1c1cc(F)cc(F)c1. The van der Waals surface area contributed by atoms with Gasteiger partial charge in [-0.2, -0.15) is 0 Å². The van der Waals surface area contributed by atoms with Gasteiger partial charge in [0.1, 0.15) is 23.3 Å². The summed E-state index contributed by atoms with van der Waals surface area (Å²) in [4.78, 5) is 14.8. The minimum absolute atomic E-state index is 0.0787. The van der Waals surface area contributed by atoms with Crippen molar-refractivity contribution in [3.63, 3.8) is 0 Å². The fourth-order valence-corrected chi connectivity index (χ4v) is 4.20. The van der Waals surface area contributed by atoms with Crippen molar-refractivity contribution in [1.82, 2.24) is 9.47 Å². The van der Waals surface area contributed by atoms with E-state index in [0.29, 0.717) is 11.8 Å². The molecule has 1 aliphatic rings. The monoisotopic (exact) mass is 451 g/mol. The van der Waals surface area contributed by atoms with Crippen molar-refractivity contribution in [2.45, 2.75) is 12.6 Å². The van der Waals surface area contributed by atoms with Gasteiger partial charge in [0.15, 0.2) is 0 Å². The predicted molar refractivity (Wildman–Crippen MR) is 115 cm³/mol. The molecule has 0 aliphatic carbocycles. The van der Waals surface area contributed by atoms with Crippen molar-refractivity contribution in [2.24, 2.45) is 0 Å². The molecule has 1 atom stereocenters. The Labute approximate surface area is 186 Å². The van der Waals surface area contributed by atoms with E-state index in [1.165, 1.54) is 17.0 Å². The molecule has 2 amide bonds. The molecule has 0 unspecified atom stereocenters. The van der Waals surface area contributed by atoms with Crippen LogP contribution in [0.5, 0.6) is 0 Å². The number of aromatic nitrogens is 1. The second-order valence-electron chi connectivity index (χ2n) is 7.72. The van der Waals surface area contributed by atoms with Crippen LogP contribution in [0.15, 0.2) is 79.0 Å². The first-order valence-electron chi connectivity index (χ1n) is 10.1. The standard InChI is InChI=1S/C25H17F4N3O/c26-17-7-8-21(20(29)13-17)30-25(33)32-14-15-4-1-2-5-22(15)31-9-3-6-23(31)24(32)16-10-18(27)12-19(28)11-16/h1-13,24H,14H2,(H,30,33)/t24-/m1/s1. The van der Waals surface area contributed by atoms with Crippen molar-refractivity contribution in [3.8, 4) is 5.69 Å². The van der Waals surface area contributed by atoms with Crippen LogP contribution in [0.25, 0.3) is 5.69 Å². The summed E-state index contributed by atoms with van der Waals surface area (Å²) in [6.07, 6.45) is 1.80. The maximum atomic E-state index is 14.2. The molecule has 1 aromatic heterocycles. The average Bonchev–Trinajstić information content (AvgIpc) is 3.19. The third-order valence-electron chi connectivity index (χ3n) is 5.60. The molecule has 1 N–H and O–H groups in total. The maximum Gasteiger partial charge on any atom is 0.323 e. The van der Waals surface area contributed by atoms with Crippen LogP contribution in [-0.4, -0.2) is 15.5 Å². The number of rotatable bonds is 2. The number of hydrogen-bond acceptors (Lipinski definition) is 1. The zero-order valence-corrected chi connectivity index (χ0v) is 17.1.